The van der Waals surface area contributed by atoms with Crippen LogP contribution in [0.4, 0.5) is 0 Å². The van der Waals surface area contributed by atoms with Gasteiger partial charge in [-0.1, -0.05) is 239 Å². The summed E-state index contributed by atoms with van der Waals surface area (Å²) in [6.07, 6.45) is 74.4. The maximum Gasteiger partial charge on any atom is 0.306 e. The van der Waals surface area contributed by atoms with Gasteiger partial charge >= 0.3 is 5.97 Å². The molecule has 6 nitrogen and oxygen atoms in total. The normalized spacial score (nSPS) is 14.0. The minimum atomic E-state index is -0.819. The SMILES string of the molecule is CC/C=C\C/C=C\C/C=C\C/C=C\C/C=C\CCCC(CC(=O)NC(CO)C(O)CCCCCCCCCCCCCCCCC)OC(=O)CCC/C=C\C/C=C\C/C=C\C/C=C\CCCCC. The van der Waals surface area contributed by atoms with E-state index in [9.17, 15) is 19.8 Å². The highest BCUT2D eigenvalue weighted by Gasteiger charge is 2.24. The summed E-state index contributed by atoms with van der Waals surface area (Å²) in [7, 11) is 0. The summed E-state index contributed by atoms with van der Waals surface area (Å²) in [5.41, 5.74) is 0. The van der Waals surface area contributed by atoms with E-state index >= 15 is 0 Å². The zero-order chi connectivity index (χ0) is 49.5. The fraction of sp³-hybridized carbons (Fsp3) is 0.677. The highest BCUT2D eigenvalue weighted by molar-refractivity contribution is 5.77. The number of ether oxygens (including phenoxy) is 1. The molecule has 0 aromatic carbocycles. The van der Waals surface area contributed by atoms with E-state index < -0.39 is 18.2 Å². The third kappa shape index (κ3) is 49.0. The lowest BCUT2D eigenvalue weighted by Gasteiger charge is -2.24. The molecule has 68 heavy (non-hydrogen) atoms. The molecule has 6 heteroatoms. The van der Waals surface area contributed by atoms with Crippen molar-refractivity contribution in [1.82, 2.24) is 5.32 Å². The van der Waals surface area contributed by atoms with Crippen molar-refractivity contribution in [2.45, 2.75) is 264 Å². The first-order valence-corrected chi connectivity index (χ1v) is 28.1. The van der Waals surface area contributed by atoms with Crippen LogP contribution < -0.4 is 5.32 Å². The first kappa shape index (κ1) is 64.5. The number of allylic oxidation sites excluding steroid dienone is 18. The molecule has 0 aromatic rings. The third-order valence-corrected chi connectivity index (χ3v) is 12.1. The van der Waals surface area contributed by atoms with Gasteiger partial charge in [0.15, 0.2) is 0 Å². The first-order chi connectivity index (χ1) is 33.5. The van der Waals surface area contributed by atoms with Crippen molar-refractivity contribution in [3.8, 4) is 0 Å². The predicted molar refractivity (Wildman–Crippen MR) is 296 cm³/mol. The first-order valence-electron chi connectivity index (χ1n) is 28.1. The van der Waals surface area contributed by atoms with Gasteiger partial charge in [0.25, 0.3) is 0 Å². The number of aliphatic hydroxyl groups is 2. The Morgan fingerprint density at radius 3 is 1.24 bits per heavy atom. The smallest absolute Gasteiger partial charge is 0.306 e. The number of rotatable bonds is 49. The van der Waals surface area contributed by atoms with E-state index in [2.05, 4.69) is 135 Å². The molecule has 3 unspecified atom stereocenters. The number of aliphatic hydroxyl groups excluding tert-OH is 2. The number of amides is 1. The number of esters is 1. The zero-order valence-corrected chi connectivity index (χ0v) is 44.2. The minimum absolute atomic E-state index is 0.0107. The Morgan fingerprint density at radius 2 is 0.809 bits per heavy atom. The van der Waals surface area contributed by atoms with Gasteiger partial charge in [0.05, 0.1) is 25.2 Å². The van der Waals surface area contributed by atoms with Crippen LogP contribution in [0.25, 0.3) is 0 Å². The van der Waals surface area contributed by atoms with Crippen LogP contribution in [0.15, 0.2) is 109 Å². The van der Waals surface area contributed by atoms with Crippen molar-refractivity contribution in [3.63, 3.8) is 0 Å². The van der Waals surface area contributed by atoms with E-state index in [1.807, 2.05) is 0 Å². The minimum Gasteiger partial charge on any atom is -0.462 e. The quantitative estimate of drug-likeness (QED) is 0.0321. The largest absolute Gasteiger partial charge is 0.462 e. The van der Waals surface area contributed by atoms with Crippen LogP contribution in [-0.4, -0.2) is 46.9 Å². The third-order valence-electron chi connectivity index (χ3n) is 12.1. The zero-order valence-electron chi connectivity index (χ0n) is 44.2. The van der Waals surface area contributed by atoms with Crippen LogP contribution in [0.1, 0.15) is 245 Å². The lowest BCUT2D eigenvalue weighted by molar-refractivity contribution is -0.151. The van der Waals surface area contributed by atoms with Crippen LogP contribution >= 0.6 is 0 Å². The number of nitrogens with one attached hydrogen (secondary N) is 1. The number of carbonyl (C=O) groups is 2. The van der Waals surface area contributed by atoms with E-state index in [4.69, 9.17) is 4.74 Å². The van der Waals surface area contributed by atoms with Crippen LogP contribution in [0.2, 0.25) is 0 Å². The summed E-state index contributed by atoms with van der Waals surface area (Å²) in [6.45, 7) is 6.32. The summed E-state index contributed by atoms with van der Waals surface area (Å²) in [6, 6.07) is -0.739. The Labute approximate surface area is 419 Å². The molecule has 0 bridgehead atoms. The van der Waals surface area contributed by atoms with Gasteiger partial charge in [0, 0.05) is 6.42 Å². The molecule has 388 valence electrons. The summed E-state index contributed by atoms with van der Waals surface area (Å²) < 4.78 is 5.90. The van der Waals surface area contributed by atoms with Crippen molar-refractivity contribution in [1.29, 1.82) is 0 Å². The van der Waals surface area contributed by atoms with Gasteiger partial charge in [0.1, 0.15) is 6.10 Å². The maximum absolute atomic E-state index is 13.3. The Bertz CT molecular complexity index is 1380. The van der Waals surface area contributed by atoms with Gasteiger partial charge in [0.2, 0.25) is 5.91 Å². The summed E-state index contributed by atoms with van der Waals surface area (Å²) in [4.78, 5) is 26.2. The van der Waals surface area contributed by atoms with Gasteiger partial charge in [-0.3, -0.25) is 9.59 Å². The van der Waals surface area contributed by atoms with Gasteiger partial charge in [-0.15, -0.1) is 0 Å². The second-order valence-electron chi connectivity index (χ2n) is 18.6. The molecule has 0 heterocycles. The highest BCUT2D eigenvalue weighted by atomic mass is 16.5. The van der Waals surface area contributed by atoms with Crippen molar-refractivity contribution in [3.05, 3.63) is 109 Å². The Hall–Kier alpha value is -3.48. The average molecular weight is 945 g/mol. The van der Waals surface area contributed by atoms with E-state index in [1.54, 1.807) is 0 Å². The number of hydrogen-bond acceptors (Lipinski definition) is 5. The van der Waals surface area contributed by atoms with E-state index in [0.717, 1.165) is 89.9 Å². The maximum atomic E-state index is 13.3. The van der Waals surface area contributed by atoms with E-state index in [0.29, 0.717) is 25.7 Å². The van der Waals surface area contributed by atoms with Crippen molar-refractivity contribution >= 4 is 11.9 Å². The van der Waals surface area contributed by atoms with Crippen molar-refractivity contribution in [2.24, 2.45) is 0 Å². The van der Waals surface area contributed by atoms with Crippen LogP contribution in [0.3, 0.4) is 0 Å². The molecule has 0 rings (SSSR count). The number of unbranched alkanes of at least 4 members (excludes halogenated alkanes) is 19. The monoisotopic (exact) mass is 944 g/mol. The number of carbonyl (C=O) groups excluding carboxylic acids is 2. The molecule has 0 saturated carbocycles. The average Bonchev–Trinajstić information content (AvgIpc) is 3.33. The Kier molecular flexibility index (Phi) is 51.7. The van der Waals surface area contributed by atoms with Crippen LogP contribution in [0.5, 0.6) is 0 Å². The molecule has 0 aliphatic rings. The summed E-state index contributed by atoms with van der Waals surface area (Å²) in [5, 5.41) is 23.8. The van der Waals surface area contributed by atoms with Crippen molar-refractivity contribution < 1.29 is 24.5 Å². The molecule has 0 radical (unpaired) electrons. The van der Waals surface area contributed by atoms with Crippen molar-refractivity contribution in [2.75, 3.05) is 6.61 Å². The molecule has 0 aromatic heterocycles. The predicted octanol–water partition coefficient (Wildman–Crippen LogP) is 17.5. The molecule has 0 saturated heterocycles. The van der Waals surface area contributed by atoms with Crippen LogP contribution in [0, 0.1) is 0 Å². The summed E-state index contributed by atoms with van der Waals surface area (Å²) in [5.74, 6) is -0.603. The molecule has 0 aliphatic heterocycles. The molecule has 3 atom stereocenters. The molecule has 0 aliphatic carbocycles. The topological polar surface area (TPSA) is 95.9 Å². The lowest BCUT2D eigenvalue weighted by Crippen LogP contribution is -2.46. The van der Waals surface area contributed by atoms with Gasteiger partial charge in [-0.25, -0.2) is 0 Å². The van der Waals surface area contributed by atoms with Gasteiger partial charge < -0.3 is 20.3 Å². The molecule has 3 N–H and O–H groups in total. The van der Waals surface area contributed by atoms with E-state index in [1.165, 1.54) is 103 Å². The molecule has 1 amide bonds. The van der Waals surface area contributed by atoms with Gasteiger partial charge in [-0.05, 0) is 103 Å². The molecule has 0 fully saturated rings. The standard InChI is InChI=1S/C62H105NO5/c1-4-7-10-13-16-19-22-25-28-30-33-35-38-41-44-47-50-53-58(68-62(67)55-52-49-46-43-40-37-34-31-29-26-23-20-17-14-11-8-5-2)56-61(66)63-59(57-64)60(65)54-51-48-45-42-39-36-32-27-24-21-18-15-12-9-6-3/h7,10,16-17,19-20,25-26,28-29,33-35,37,41,43-44,46,58-60,64-65H,4-6,8-9,11-15,18,21-24,27,30-32,36,38-40,42,45,47-57H2,1-3H3,(H,63,66)/b10-7-,19-16-,20-17-,28-25-,29-26-,35-33-,37-34-,44-41-,46-43-. The highest BCUT2D eigenvalue weighted by Crippen LogP contribution is 2.17. The fourth-order valence-corrected chi connectivity index (χ4v) is 7.87. The fourth-order valence-electron chi connectivity index (χ4n) is 7.87. The molecule has 0 spiro atoms. The second-order valence-corrected chi connectivity index (χ2v) is 18.6. The Morgan fingerprint density at radius 1 is 0.441 bits per heavy atom. The lowest BCUT2D eigenvalue weighted by atomic mass is 10.0. The Balaban J connectivity index is 4.78. The molecular formula is C62H105NO5. The molecular weight excluding hydrogens is 839 g/mol. The number of hydrogen-bond donors (Lipinski definition) is 3. The second kappa shape index (κ2) is 54.5. The van der Waals surface area contributed by atoms with E-state index in [-0.39, 0.29) is 24.9 Å². The van der Waals surface area contributed by atoms with Gasteiger partial charge in [-0.2, -0.15) is 0 Å². The van der Waals surface area contributed by atoms with Crippen LogP contribution in [-0.2, 0) is 14.3 Å². The summed E-state index contributed by atoms with van der Waals surface area (Å²) >= 11 is 0.